The zero-order chi connectivity index (χ0) is 15.5. The summed E-state index contributed by atoms with van der Waals surface area (Å²) in [6, 6.07) is 11.4. The highest BCUT2D eigenvalue weighted by atomic mass is 79.9. The Kier molecular flexibility index (Phi) is 4.77. The molecule has 0 radical (unpaired) electrons. The van der Waals surface area contributed by atoms with Gasteiger partial charge >= 0.3 is 6.18 Å². The highest BCUT2D eigenvalue weighted by Crippen LogP contribution is 2.41. The summed E-state index contributed by atoms with van der Waals surface area (Å²) in [5, 5.41) is 0. The van der Waals surface area contributed by atoms with Crippen molar-refractivity contribution < 1.29 is 22.6 Å². The van der Waals surface area contributed by atoms with E-state index >= 15 is 0 Å². The summed E-state index contributed by atoms with van der Waals surface area (Å²) < 4.78 is 49.1. The van der Waals surface area contributed by atoms with Crippen molar-refractivity contribution in [3.8, 4) is 11.5 Å². The molecule has 0 saturated carbocycles. The third-order valence-corrected chi connectivity index (χ3v) is 3.45. The highest BCUT2D eigenvalue weighted by Gasteiger charge is 2.34. The maximum Gasteiger partial charge on any atom is 0.417 e. The Bertz CT molecular complexity index is 612. The highest BCUT2D eigenvalue weighted by molar-refractivity contribution is 9.10. The third-order valence-electron chi connectivity index (χ3n) is 2.80. The molecule has 0 saturated heterocycles. The fourth-order valence-corrected chi connectivity index (χ4v) is 2.31. The molecule has 0 aliphatic rings. The van der Waals surface area contributed by atoms with Crippen LogP contribution < -0.4 is 9.47 Å². The van der Waals surface area contributed by atoms with Gasteiger partial charge in [0, 0.05) is 4.47 Å². The molecule has 2 aromatic rings. The number of alkyl halides is 3. The lowest BCUT2D eigenvalue weighted by atomic mass is 10.2. The number of benzene rings is 2. The number of hydrogen-bond donors (Lipinski definition) is 0. The molecule has 6 heteroatoms. The van der Waals surface area contributed by atoms with Gasteiger partial charge in [-0.25, -0.2) is 0 Å². The maximum atomic E-state index is 12.9. The standard InChI is InChI=1S/C15H12BrF3O2/c1-20-13-8-12(16)11(15(17,18)19)7-14(13)21-9-10-5-3-2-4-6-10/h2-8H,9H2,1H3. The van der Waals surface area contributed by atoms with Crippen molar-refractivity contribution in [3.63, 3.8) is 0 Å². The third kappa shape index (κ3) is 3.91. The molecule has 21 heavy (non-hydrogen) atoms. The minimum Gasteiger partial charge on any atom is -0.493 e. The van der Waals surface area contributed by atoms with Crippen molar-refractivity contribution in [2.24, 2.45) is 0 Å². The molecule has 2 rings (SSSR count). The van der Waals surface area contributed by atoms with Crippen LogP contribution in [0.1, 0.15) is 11.1 Å². The molecule has 0 bridgehead atoms. The molecular formula is C15H12BrF3O2. The zero-order valence-electron chi connectivity index (χ0n) is 11.1. The van der Waals surface area contributed by atoms with Crippen LogP contribution in [-0.2, 0) is 12.8 Å². The van der Waals surface area contributed by atoms with Gasteiger partial charge in [0.2, 0.25) is 0 Å². The molecule has 2 aromatic carbocycles. The van der Waals surface area contributed by atoms with Crippen LogP contribution in [0.15, 0.2) is 46.9 Å². The minimum atomic E-state index is -4.46. The van der Waals surface area contributed by atoms with Gasteiger partial charge in [-0.3, -0.25) is 0 Å². The predicted molar refractivity (Wildman–Crippen MR) is 76.5 cm³/mol. The second-order valence-electron chi connectivity index (χ2n) is 4.25. The van der Waals surface area contributed by atoms with E-state index in [9.17, 15) is 13.2 Å². The maximum absolute atomic E-state index is 12.9. The van der Waals surface area contributed by atoms with Gasteiger partial charge in [0.1, 0.15) is 6.61 Å². The number of hydrogen-bond acceptors (Lipinski definition) is 2. The molecule has 0 atom stereocenters. The number of halogens is 4. The molecule has 0 N–H and O–H groups in total. The molecule has 0 aliphatic carbocycles. The smallest absolute Gasteiger partial charge is 0.417 e. The fourth-order valence-electron chi connectivity index (χ4n) is 1.76. The fraction of sp³-hybridized carbons (Fsp3) is 0.200. The van der Waals surface area contributed by atoms with E-state index in [1.807, 2.05) is 30.3 Å². The SMILES string of the molecule is COc1cc(Br)c(C(F)(F)F)cc1OCc1ccccc1. The number of methoxy groups -OCH3 is 1. The van der Waals surface area contributed by atoms with Crippen LogP contribution in [0.4, 0.5) is 13.2 Å². The summed E-state index contributed by atoms with van der Waals surface area (Å²) in [5.41, 5.74) is 0.0578. The summed E-state index contributed by atoms with van der Waals surface area (Å²) in [6.45, 7) is 0.163. The number of rotatable bonds is 4. The van der Waals surface area contributed by atoms with Gasteiger partial charge in [-0.2, -0.15) is 13.2 Å². The topological polar surface area (TPSA) is 18.5 Å². The zero-order valence-corrected chi connectivity index (χ0v) is 12.7. The molecule has 0 aliphatic heterocycles. The molecule has 0 amide bonds. The van der Waals surface area contributed by atoms with Crippen LogP contribution in [0.5, 0.6) is 11.5 Å². The van der Waals surface area contributed by atoms with Gasteiger partial charge in [0.15, 0.2) is 11.5 Å². The van der Waals surface area contributed by atoms with Gasteiger partial charge in [-0.15, -0.1) is 0 Å². The van der Waals surface area contributed by atoms with Crippen LogP contribution >= 0.6 is 15.9 Å². The second-order valence-corrected chi connectivity index (χ2v) is 5.11. The Hall–Kier alpha value is -1.69. The van der Waals surface area contributed by atoms with Gasteiger partial charge in [0.05, 0.1) is 12.7 Å². The van der Waals surface area contributed by atoms with E-state index in [-0.39, 0.29) is 22.6 Å². The lowest BCUT2D eigenvalue weighted by molar-refractivity contribution is -0.138. The largest absolute Gasteiger partial charge is 0.493 e. The van der Waals surface area contributed by atoms with Crippen molar-refractivity contribution in [1.29, 1.82) is 0 Å². The van der Waals surface area contributed by atoms with Crippen molar-refractivity contribution >= 4 is 15.9 Å². The van der Waals surface area contributed by atoms with E-state index in [1.54, 1.807) is 0 Å². The first-order valence-corrected chi connectivity index (χ1v) is 6.82. The van der Waals surface area contributed by atoms with Crippen LogP contribution in [0, 0.1) is 0 Å². The second kappa shape index (κ2) is 6.39. The first-order valence-electron chi connectivity index (χ1n) is 6.03. The van der Waals surface area contributed by atoms with E-state index in [0.29, 0.717) is 0 Å². The Morgan fingerprint density at radius 1 is 1.05 bits per heavy atom. The quantitative estimate of drug-likeness (QED) is 0.758. The summed E-state index contributed by atoms with van der Waals surface area (Å²) in [7, 11) is 1.38. The van der Waals surface area contributed by atoms with Crippen LogP contribution in [0.2, 0.25) is 0 Å². The summed E-state index contributed by atoms with van der Waals surface area (Å²) in [6.07, 6.45) is -4.46. The van der Waals surface area contributed by atoms with Crippen molar-refractivity contribution in [1.82, 2.24) is 0 Å². The number of ether oxygens (including phenoxy) is 2. The van der Waals surface area contributed by atoms with Crippen LogP contribution in [-0.4, -0.2) is 7.11 Å². The van der Waals surface area contributed by atoms with Crippen molar-refractivity contribution in [3.05, 3.63) is 58.1 Å². The van der Waals surface area contributed by atoms with E-state index in [2.05, 4.69) is 15.9 Å². The first kappa shape index (κ1) is 15.7. The van der Waals surface area contributed by atoms with E-state index < -0.39 is 11.7 Å². The molecule has 2 nitrogen and oxygen atoms in total. The molecule has 0 spiro atoms. The summed E-state index contributed by atoms with van der Waals surface area (Å²) in [4.78, 5) is 0. The lowest BCUT2D eigenvalue weighted by Gasteiger charge is -2.15. The van der Waals surface area contributed by atoms with E-state index in [4.69, 9.17) is 9.47 Å². The molecule has 0 heterocycles. The lowest BCUT2D eigenvalue weighted by Crippen LogP contribution is -2.07. The average molecular weight is 361 g/mol. The summed E-state index contributed by atoms with van der Waals surface area (Å²) in [5.74, 6) is 0.294. The predicted octanol–water partition coefficient (Wildman–Crippen LogP) is 5.06. The van der Waals surface area contributed by atoms with Gasteiger partial charge in [-0.05, 0) is 17.7 Å². The Labute approximate surface area is 128 Å². The van der Waals surface area contributed by atoms with E-state index in [1.165, 1.54) is 13.2 Å². The molecule has 0 unspecified atom stereocenters. The molecular weight excluding hydrogens is 349 g/mol. The monoisotopic (exact) mass is 360 g/mol. The average Bonchev–Trinajstić information content (AvgIpc) is 2.45. The molecule has 112 valence electrons. The van der Waals surface area contributed by atoms with Crippen molar-refractivity contribution in [2.75, 3.05) is 7.11 Å². The molecule has 0 aromatic heterocycles. The Morgan fingerprint density at radius 3 is 2.29 bits per heavy atom. The van der Waals surface area contributed by atoms with Gasteiger partial charge in [-0.1, -0.05) is 46.3 Å². The summed E-state index contributed by atoms with van der Waals surface area (Å²) >= 11 is 2.90. The van der Waals surface area contributed by atoms with Crippen LogP contribution in [0.3, 0.4) is 0 Å². The molecule has 0 fully saturated rings. The van der Waals surface area contributed by atoms with Gasteiger partial charge < -0.3 is 9.47 Å². The normalized spacial score (nSPS) is 11.3. The first-order chi connectivity index (χ1) is 9.91. The van der Waals surface area contributed by atoms with E-state index in [0.717, 1.165) is 11.6 Å². The Balaban J connectivity index is 2.29. The van der Waals surface area contributed by atoms with Crippen LogP contribution in [0.25, 0.3) is 0 Å². The van der Waals surface area contributed by atoms with Gasteiger partial charge in [0.25, 0.3) is 0 Å². The van der Waals surface area contributed by atoms with Crippen molar-refractivity contribution in [2.45, 2.75) is 12.8 Å². The minimum absolute atomic E-state index is 0.0527. The Morgan fingerprint density at radius 2 is 1.71 bits per heavy atom.